The van der Waals surface area contributed by atoms with Crippen LogP contribution in [-0.2, 0) is 11.2 Å². The maximum absolute atomic E-state index is 12.7. The average Bonchev–Trinajstić information content (AvgIpc) is 2.86. The van der Waals surface area contributed by atoms with Crippen molar-refractivity contribution in [2.24, 2.45) is 0 Å². The second-order valence-corrected chi connectivity index (χ2v) is 8.38. The summed E-state index contributed by atoms with van der Waals surface area (Å²) in [7, 11) is 1.63. The minimum atomic E-state index is -0.277. The lowest BCUT2D eigenvalue weighted by Gasteiger charge is -2.36. The molecule has 0 aromatic heterocycles. The van der Waals surface area contributed by atoms with Crippen molar-refractivity contribution < 1.29 is 14.3 Å². The van der Waals surface area contributed by atoms with E-state index in [1.807, 2.05) is 84.6 Å². The van der Waals surface area contributed by atoms with Gasteiger partial charge in [-0.2, -0.15) is 0 Å². The number of nitrogens with one attached hydrogen (secondary N) is 2. The first-order valence-corrected chi connectivity index (χ1v) is 11.4. The fourth-order valence-electron chi connectivity index (χ4n) is 3.93. The van der Waals surface area contributed by atoms with Gasteiger partial charge in [0.1, 0.15) is 5.75 Å². The van der Waals surface area contributed by atoms with Crippen molar-refractivity contribution in [2.75, 3.05) is 48.8 Å². The van der Waals surface area contributed by atoms with Gasteiger partial charge in [-0.15, -0.1) is 0 Å². The Bertz CT molecular complexity index is 1100. The molecule has 0 radical (unpaired) electrons. The van der Waals surface area contributed by atoms with E-state index in [1.165, 1.54) is 0 Å². The van der Waals surface area contributed by atoms with Crippen LogP contribution >= 0.6 is 0 Å². The number of benzene rings is 3. The Morgan fingerprint density at radius 1 is 0.794 bits per heavy atom. The number of carbonyl (C=O) groups is 2. The molecular formula is C27H30N4O3. The zero-order valence-electron chi connectivity index (χ0n) is 19.6. The first kappa shape index (κ1) is 23.2. The number of urea groups is 1. The fraction of sp³-hybridized carbons (Fsp3) is 0.259. The van der Waals surface area contributed by atoms with E-state index < -0.39 is 0 Å². The van der Waals surface area contributed by atoms with Gasteiger partial charge >= 0.3 is 6.03 Å². The highest BCUT2D eigenvalue weighted by atomic mass is 16.5. The highest BCUT2D eigenvalue weighted by Gasteiger charge is 2.21. The van der Waals surface area contributed by atoms with Gasteiger partial charge in [-0.3, -0.25) is 4.79 Å². The van der Waals surface area contributed by atoms with Crippen LogP contribution in [0.25, 0.3) is 0 Å². The summed E-state index contributed by atoms with van der Waals surface area (Å²) in [6, 6.07) is 22.8. The lowest BCUT2D eigenvalue weighted by molar-refractivity contribution is -0.130. The number of hydrogen-bond acceptors (Lipinski definition) is 4. The van der Waals surface area contributed by atoms with Crippen LogP contribution in [0.2, 0.25) is 0 Å². The molecule has 0 atom stereocenters. The molecule has 176 valence electrons. The highest BCUT2D eigenvalue weighted by molar-refractivity contribution is 5.99. The first-order valence-electron chi connectivity index (χ1n) is 11.4. The van der Waals surface area contributed by atoms with Crippen molar-refractivity contribution in [3.8, 4) is 5.75 Å². The molecule has 7 heteroatoms. The van der Waals surface area contributed by atoms with Crippen LogP contribution < -0.4 is 20.3 Å². The number of aryl methyl sites for hydroxylation is 1. The van der Waals surface area contributed by atoms with Crippen LogP contribution in [0.1, 0.15) is 11.1 Å². The number of carbonyl (C=O) groups excluding carboxylic acids is 2. The molecular weight excluding hydrogens is 428 g/mol. The largest absolute Gasteiger partial charge is 0.497 e. The number of hydrogen-bond donors (Lipinski definition) is 2. The number of rotatable bonds is 6. The van der Waals surface area contributed by atoms with Gasteiger partial charge in [0.15, 0.2) is 0 Å². The Hall–Kier alpha value is -4.00. The van der Waals surface area contributed by atoms with E-state index in [-0.39, 0.29) is 11.9 Å². The second-order valence-electron chi connectivity index (χ2n) is 8.38. The SMILES string of the molecule is COc1ccc(CC(=O)N2CCN(c3ccc(NC(=O)Nc4ccc(C)cc4)cc3)CC2)cc1. The van der Waals surface area contributed by atoms with Gasteiger partial charge in [-0.05, 0) is 61.0 Å². The van der Waals surface area contributed by atoms with Crippen molar-refractivity contribution >= 4 is 29.0 Å². The van der Waals surface area contributed by atoms with Gasteiger partial charge < -0.3 is 25.2 Å². The predicted molar refractivity (Wildman–Crippen MR) is 136 cm³/mol. The first-order chi connectivity index (χ1) is 16.5. The lowest BCUT2D eigenvalue weighted by Crippen LogP contribution is -2.49. The number of methoxy groups -OCH3 is 1. The molecule has 3 aromatic rings. The summed E-state index contributed by atoms with van der Waals surface area (Å²) in [5.41, 5.74) is 4.68. The number of ether oxygens (including phenoxy) is 1. The van der Waals surface area contributed by atoms with E-state index in [0.717, 1.165) is 47.0 Å². The summed E-state index contributed by atoms with van der Waals surface area (Å²) in [6.45, 7) is 4.93. The molecule has 0 bridgehead atoms. The summed E-state index contributed by atoms with van der Waals surface area (Å²) < 4.78 is 5.17. The minimum absolute atomic E-state index is 0.143. The van der Waals surface area contributed by atoms with Gasteiger partial charge in [-0.1, -0.05) is 29.8 Å². The van der Waals surface area contributed by atoms with Crippen LogP contribution in [0.4, 0.5) is 21.9 Å². The number of amides is 3. The summed E-state index contributed by atoms with van der Waals surface area (Å²) in [5, 5.41) is 5.69. The smallest absolute Gasteiger partial charge is 0.323 e. The molecule has 3 amide bonds. The van der Waals surface area contributed by atoms with Gasteiger partial charge in [0, 0.05) is 43.2 Å². The molecule has 2 N–H and O–H groups in total. The van der Waals surface area contributed by atoms with Crippen molar-refractivity contribution in [3.63, 3.8) is 0 Å². The van der Waals surface area contributed by atoms with Crippen LogP contribution in [0, 0.1) is 6.92 Å². The minimum Gasteiger partial charge on any atom is -0.497 e. The third-order valence-electron chi connectivity index (χ3n) is 5.95. The highest BCUT2D eigenvalue weighted by Crippen LogP contribution is 2.21. The maximum atomic E-state index is 12.7. The van der Waals surface area contributed by atoms with Crippen molar-refractivity contribution in [1.29, 1.82) is 0 Å². The Morgan fingerprint density at radius 3 is 1.91 bits per heavy atom. The Balaban J connectivity index is 1.25. The third-order valence-corrected chi connectivity index (χ3v) is 5.95. The Morgan fingerprint density at radius 2 is 1.35 bits per heavy atom. The monoisotopic (exact) mass is 458 g/mol. The molecule has 0 unspecified atom stereocenters. The van der Waals surface area contributed by atoms with E-state index in [9.17, 15) is 9.59 Å². The van der Waals surface area contributed by atoms with E-state index in [0.29, 0.717) is 19.5 Å². The zero-order valence-corrected chi connectivity index (χ0v) is 19.6. The fourth-order valence-corrected chi connectivity index (χ4v) is 3.93. The van der Waals surface area contributed by atoms with Crippen molar-refractivity contribution in [3.05, 3.63) is 83.9 Å². The summed E-state index contributed by atoms with van der Waals surface area (Å²) in [4.78, 5) is 29.1. The van der Waals surface area contributed by atoms with Gasteiger partial charge in [0.05, 0.1) is 13.5 Å². The van der Waals surface area contributed by atoms with E-state index in [2.05, 4.69) is 15.5 Å². The molecule has 1 saturated heterocycles. The normalized spacial score (nSPS) is 13.4. The van der Waals surface area contributed by atoms with Gasteiger partial charge in [0.25, 0.3) is 0 Å². The van der Waals surface area contributed by atoms with Crippen molar-refractivity contribution in [2.45, 2.75) is 13.3 Å². The quantitative estimate of drug-likeness (QED) is 0.569. The summed E-state index contributed by atoms with van der Waals surface area (Å²) >= 11 is 0. The maximum Gasteiger partial charge on any atom is 0.323 e. The Labute approximate surface area is 200 Å². The van der Waals surface area contributed by atoms with Crippen molar-refractivity contribution in [1.82, 2.24) is 4.90 Å². The summed E-state index contributed by atoms with van der Waals surface area (Å²) in [6.07, 6.45) is 0.398. The molecule has 0 saturated carbocycles. The molecule has 1 heterocycles. The molecule has 0 aliphatic carbocycles. The molecule has 3 aromatic carbocycles. The summed E-state index contributed by atoms with van der Waals surface area (Å²) in [5.74, 6) is 0.932. The lowest BCUT2D eigenvalue weighted by atomic mass is 10.1. The van der Waals surface area contributed by atoms with Crippen LogP contribution in [-0.4, -0.2) is 50.1 Å². The van der Waals surface area contributed by atoms with Gasteiger partial charge in [-0.25, -0.2) is 4.79 Å². The number of piperazine rings is 1. The average molecular weight is 459 g/mol. The molecule has 1 aliphatic heterocycles. The predicted octanol–water partition coefficient (Wildman–Crippen LogP) is 4.54. The van der Waals surface area contributed by atoms with E-state index in [1.54, 1.807) is 7.11 Å². The van der Waals surface area contributed by atoms with Gasteiger partial charge in [0.2, 0.25) is 5.91 Å². The molecule has 4 rings (SSSR count). The number of anilines is 3. The molecule has 1 fully saturated rings. The molecule has 1 aliphatic rings. The Kier molecular flexibility index (Phi) is 7.32. The zero-order chi connectivity index (χ0) is 23.9. The standard InChI is InChI=1S/C27H30N4O3/c1-20-3-7-22(8-4-20)28-27(33)29-23-9-11-24(12-10-23)30-15-17-31(18-16-30)26(32)19-21-5-13-25(34-2)14-6-21/h3-14H,15-19H2,1-2H3,(H2,28,29,33). The van der Waals surface area contributed by atoms with Crippen LogP contribution in [0.3, 0.4) is 0 Å². The third kappa shape index (κ3) is 6.07. The molecule has 7 nitrogen and oxygen atoms in total. The van der Waals surface area contributed by atoms with Crippen LogP contribution in [0.5, 0.6) is 5.75 Å². The second kappa shape index (κ2) is 10.7. The molecule has 34 heavy (non-hydrogen) atoms. The number of nitrogens with zero attached hydrogens (tertiary/aromatic N) is 2. The topological polar surface area (TPSA) is 73.9 Å². The van der Waals surface area contributed by atoms with E-state index >= 15 is 0 Å². The van der Waals surface area contributed by atoms with Crippen LogP contribution in [0.15, 0.2) is 72.8 Å². The van der Waals surface area contributed by atoms with E-state index in [4.69, 9.17) is 4.74 Å². The molecule has 0 spiro atoms.